The highest BCUT2D eigenvalue weighted by Crippen LogP contribution is 2.41. The molecule has 4 heterocycles. The van der Waals surface area contributed by atoms with Gasteiger partial charge in [0.1, 0.15) is 5.75 Å². The number of nitrogens with one attached hydrogen (secondary N) is 1. The quantitative estimate of drug-likeness (QED) is 0.102. The van der Waals surface area contributed by atoms with Gasteiger partial charge in [-0.3, -0.25) is 28.8 Å². The standard InChI is InChI=1S/C46H51ClF2N6O5/c47-38-27-39(32-9-10-32)52-41-25-33(11-13-36(38)41)42(56)50-18-4-8-34(24-31-6-2-1-3-7-31)43(57)54-21-15-45(59,16-22-54)28-55-30-51-40-26-35(12-14-37(40)44(55)58)60-23-5-19-53-20-17-46(48,49)29-53/h1-3,6-7,11-14,25-27,30,32,34,59H,4-5,8-10,15-24,28-29H2,(H,50,56)/t34-/m1/s1. The van der Waals surface area contributed by atoms with Gasteiger partial charge >= 0.3 is 0 Å². The average molecular weight is 841 g/mol. The Morgan fingerprint density at radius 3 is 2.48 bits per heavy atom. The first-order valence-corrected chi connectivity index (χ1v) is 21.5. The van der Waals surface area contributed by atoms with Gasteiger partial charge in [0, 0.05) is 73.7 Å². The molecule has 2 amide bonds. The summed E-state index contributed by atoms with van der Waals surface area (Å²) in [6.45, 7) is 2.18. The lowest BCUT2D eigenvalue weighted by atomic mass is 9.88. The molecule has 316 valence electrons. The summed E-state index contributed by atoms with van der Waals surface area (Å²) in [5, 5.41) is 16.5. The molecule has 2 saturated heterocycles. The minimum absolute atomic E-state index is 0.0105. The number of alkyl halides is 2. The topological polar surface area (TPSA) is 130 Å². The van der Waals surface area contributed by atoms with Gasteiger partial charge in [0.2, 0.25) is 5.91 Å². The molecule has 60 heavy (non-hydrogen) atoms. The molecule has 2 N–H and O–H groups in total. The number of aromatic nitrogens is 3. The summed E-state index contributed by atoms with van der Waals surface area (Å²) < 4.78 is 34.2. The van der Waals surface area contributed by atoms with Crippen molar-refractivity contribution in [2.75, 3.05) is 45.9 Å². The van der Waals surface area contributed by atoms with E-state index >= 15 is 0 Å². The molecule has 3 aromatic carbocycles. The summed E-state index contributed by atoms with van der Waals surface area (Å²) in [4.78, 5) is 53.6. The van der Waals surface area contributed by atoms with Crippen molar-refractivity contribution in [1.82, 2.24) is 29.7 Å². The number of halogens is 3. The molecule has 0 radical (unpaired) electrons. The largest absolute Gasteiger partial charge is 0.493 e. The van der Waals surface area contributed by atoms with Crippen LogP contribution in [0.1, 0.15) is 78.9 Å². The fourth-order valence-electron chi connectivity index (χ4n) is 8.49. The minimum atomic E-state index is -2.62. The zero-order valence-corrected chi connectivity index (χ0v) is 34.4. The van der Waals surface area contributed by atoms with Crippen LogP contribution in [0.5, 0.6) is 5.75 Å². The van der Waals surface area contributed by atoms with Crippen LogP contribution >= 0.6 is 11.6 Å². The number of benzene rings is 3. The van der Waals surface area contributed by atoms with E-state index in [9.17, 15) is 28.3 Å². The van der Waals surface area contributed by atoms with E-state index in [1.54, 1.807) is 35.2 Å². The molecule has 5 aromatic rings. The van der Waals surface area contributed by atoms with Crippen LogP contribution in [0.2, 0.25) is 5.02 Å². The highest BCUT2D eigenvalue weighted by molar-refractivity contribution is 6.35. The minimum Gasteiger partial charge on any atom is -0.493 e. The molecule has 0 bridgehead atoms. The first kappa shape index (κ1) is 41.7. The maximum Gasteiger partial charge on any atom is 0.261 e. The van der Waals surface area contributed by atoms with Crippen molar-refractivity contribution in [3.63, 3.8) is 0 Å². The Bertz CT molecular complexity index is 2400. The van der Waals surface area contributed by atoms with Crippen LogP contribution in [-0.2, 0) is 17.8 Å². The Balaban J connectivity index is 0.838. The zero-order valence-electron chi connectivity index (χ0n) is 33.6. The number of nitrogens with zero attached hydrogens (tertiary/aromatic N) is 5. The van der Waals surface area contributed by atoms with Gasteiger partial charge in [0.05, 0.1) is 53.1 Å². The molecular formula is C46H51ClF2N6O5. The highest BCUT2D eigenvalue weighted by atomic mass is 35.5. The fraction of sp³-hybridized carbons (Fsp3) is 0.457. The van der Waals surface area contributed by atoms with Crippen molar-refractivity contribution in [3.05, 3.63) is 111 Å². The van der Waals surface area contributed by atoms with Crippen molar-refractivity contribution in [1.29, 1.82) is 0 Å². The Labute approximate surface area is 352 Å². The number of hydrogen-bond donors (Lipinski definition) is 2. The van der Waals surface area contributed by atoms with Crippen LogP contribution in [-0.4, -0.2) is 98.7 Å². The second-order valence-electron chi connectivity index (χ2n) is 16.8. The Morgan fingerprint density at radius 2 is 1.73 bits per heavy atom. The number of hydrogen-bond acceptors (Lipinski definition) is 8. The maximum atomic E-state index is 14.1. The number of pyridine rings is 1. The lowest BCUT2D eigenvalue weighted by Crippen LogP contribution is -2.51. The Hall–Kier alpha value is -4.98. The number of carbonyl (C=O) groups is 2. The normalized spacial score (nSPS) is 18.2. The van der Waals surface area contributed by atoms with E-state index in [-0.39, 0.29) is 42.8 Å². The first-order chi connectivity index (χ1) is 28.9. The van der Waals surface area contributed by atoms with Gasteiger partial charge in [0.25, 0.3) is 17.4 Å². The fourth-order valence-corrected chi connectivity index (χ4v) is 8.76. The maximum absolute atomic E-state index is 14.1. The van der Waals surface area contributed by atoms with E-state index in [0.717, 1.165) is 29.5 Å². The third-order valence-electron chi connectivity index (χ3n) is 12.1. The summed E-state index contributed by atoms with van der Waals surface area (Å²) in [5.41, 5.74) is 2.21. The number of likely N-dealkylation sites (tertiary alicyclic amines) is 2. The third-order valence-corrected chi connectivity index (χ3v) is 12.4. The van der Waals surface area contributed by atoms with Gasteiger partial charge in [-0.1, -0.05) is 48.0 Å². The SMILES string of the molecule is O=C(NCCC[C@H](Cc1ccccc1)C(=O)N1CCC(O)(Cn2cnc3cc(OCCCN4CCC(F)(F)C4)ccc3c2=O)CC1)c1ccc2c(Cl)cc(C3CC3)nc2c1. The van der Waals surface area contributed by atoms with Gasteiger partial charge in [0.15, 0.2) is 0 Å². The average Bonchev–Trinajstić information content (AvgIpc) is 4.04. The second-order valence-corrected chi connectivity index (χ2v) is 17.2. The van der Waals surface area contributed by atoms with Gasteiger partial charge in [-0.05, 0) is 87.3 Å². The van der Waals surface area contributed by atoms with E-state index < -0.39 is 11.5 Å². The summed E-state index contributed by atoms with van der Waals surface area (Å²) in [6.07, 6.45) is 6.46. The molecule has 2 aromatic heterocycles. The number of amides is 2. The predicted octanol–water partition coefficient (Wildman–Crippen LogP) is 7.01. The first-order valence-electron chi connectivity index (χ1n) is 21.1. The van der Waals surface area contributed by atoms with Crippen LogP contribution in [0.15, 0.2) is 83.9 Å². The van der Waals surface area contributed by atoms with Crippen LogP contribution in [0.3, 0.4) is 0 Å². The van der Waals surface area contributed by atoms with E-state index in [2.05, 4.69) is 10.3 Å². The molecule has 0 unspecified atom stereocenters. The molecule has 1 saturated carbocycles. The van der Waals surface area contributed by atoms with Gasteiger partial charge < -0.3 is 20.1 Å². The Kier molecular flexibility index (Phi) is 12.5. The molecule has 14 heteroatoms. The van der Waals surface area contributed by atoms with E-state index in [1.165, 1.54) is 10.9 Å². The molecule has 11 nitrogen and oxygen atoms in total. The molecule has 1 aliphatic carbocycles. The van der Waals surface area contributed by atoms with E-state index in [1.807, 2.05) is 47.4 Å². The number of aliphatic hydroxyl groups is 1. The van der Waals surface area contributed by atoms with Gasteiger partial charge in [-0.15, -0.1) is 0 Å². The van der Waals surface area contributed by atoms with Crippen molar-refractivity contribution in [2.45, 2.75) is 81.8 Å². The van der Waals surface area contributed by atoms with Crippen LogP contribution in [0, 0.1) is 5.92 Å². The molecule has 8 rings (SSSR count). The van der Waals surface area contributed by atoms with Crippen molar-refractivity contribution < 1.29 is 28.2 Å². The molecule has 2 aliphatic heterocycles. The summed E-state index contributed by atoms with van der Waals surface area (Å²) in [5.74, 6) is -2.14. The lowest BCUT2D eigenvalue weighted by Gasteiger charge is -2.39. The number of piperidine rings is 1. The smallest absolute Gasteiger partial charge is 0.261 e. The monoisotopic (exact) mass is 840 g/mol. The number of fused-ring (bicyclic) bond motifs is 2. The molecule has 0 spiro atoms. The zero-order chi connectivity index (χ0) is 41.9. The van der Waals surface area contributed by atoms with E-state index in [4.69, 9.17) is 21.3 Å². The summed E-state index contributed by atoms with van der Waals surface area (Å²) >= 11 is 6.53. The van der Waals surface area contributed by atoms with Crippen molar-refractivity contribution in [2.24, 2.45) is 5.92 Å². The number of ether oxygens (including phenoxy) is 1. The van der Waals surface area contributed by atoms with Gasteiger partial charge in [-0.25, -0.2) is 13.8 Å². The Morgan fingerprint density at radius 1 is 0.950 bits per heavy atom. The number of rotatable bonds is 16. The summed E-state index contributed by atoms with van der Waals surface area (Å²) in [6, 6.07) is 22.2. The molecule has 1 atom stereocenters. The van der Waals surface area contributed by atoms with Crippen molar-refractivity contribution >= 4 is 45.2 Å². The van der Waals surface area contributed by atoms with E-state index in [0.29, 0.717) is 117 Å². The van der Waals surface area contributed by atoms with Crippen LogP contribution in [0.4, 0.5) is 8.78 Å². The number of carbonyl (C=O) groups excluding carboxylic acids is 2. The van der Waals surface area contributed by atoms with Crippen LogP contribution < -0.4 is 15.6 Å². The third kappa shape index (κ3) is 10.1. The second kappa shape index (κ2) is 17.9. The molecule has 3 fully saturated rings. The predicted molar refractivity (Wildman–Crippen MR) is 227 cm³/mol. The van der Waals surface area contributed by atoms with Gasteiger partial charge in [-0.2, -0.15) is 0 Å². The molecule has 3 aliphatic rings. The molecular weight excluding hydrogens is 790 g/mol. The van der Waals surface area contributed by atoms with Crippen molar-refractivity contribution in [3.8, 4) is 5.75 Å². The van der Waals surface area contributed by atoms with Crippen LogP contribution in [0.25, 0.3) is 21.8 Å². The highest BCUT2D eigenvalue weighted by Gasteiger charge is 2.38. The summed E-state index contributed by atoms with van der Waals surface area (Å²) in [7, 11) is 0. The lowest BCUT2D eigenvalue weighted by molar-refractivity contribution is -0.140.